The molecule has 0 aliphatic heterocycles. The molecular formula is C15H14F2S2. The third-order valence-electron chi connectivity index (χ3n) is 2.83. The van der Waals surface area contributed by atoms with Gasteiger partial charge < -0.3 is 0 Å². The first-order chi connectivity index (χ1) is 9.20. The van der Waals surface area contributed by atoms with Gasteiger partial charge in [-0.15, -0.1) is 11.8 Å². The van der Waals surface area contributed by atoms with Gasteiger partial charge in [-0.25, -0.2) is 8.78 Å². The van der Waals surface area contributed by atoms with E-state index in [2.05, 4.69) is 24.8 Å². The second-order valence-corrected chi connectivity index (χ2v) is 5.64. The summed E-state index contributed by atoms with van der Waals surface area (Å²) >= 11 is 5.88. The van der Waals surface area contributed by atoms with Gasteiger partial charge in [-0.2, -0.15) is 12.6 Å². The molecule has 0 nitrogen and oxygen atoms in total. The lowest BCUT2D eigenvalue weighted by molar-refractivity contribution is 0.506. The van der Waals surface area contributed by atoms with Crippen molar-refractivity contribution in [1.82, 2.24) is 0 Å². The van der Waals surface area contributed by atoms with Gasteiger partial charge in [-0.1, -0.05) is 30.3 Å². The molecule has 1 atom stereocenters. The largest absolute Gasteiger partial charge is 0.204 e. The lowest BCUT2D eigenvalue weighted by Crippen LogP contribution is -2.03. The van der Waals surface area contributed by atoms with E-state index in [1.54, 1.807) is 6.07 Å². The van der Waals surface area contributed by atoms with Crippen LogP contribution in [-0.2, 0) is 0 Å². The number of hydrogen-bond acceptors (Lipinski definition) is 2. The molecule has 0 aliphatic rings. The molecule has 0 amide bonds. The van der Waals surface area contributed by atoms with E-state index in [-0.39, 0.29) is 0 Å². The molecule has 2 aromatic carbocycles. The summed E-state index contributed by atoms with van der Waals surface area (Å²) in [5.74, 6) is 0.201. The highest BCUT2D eigenvalue weighted by Gasteiger charge is 2.11. The van der Waals surface area contributed by atoms with Crippen LogP contribution in [0.5, 0.6) is 0 Å². The van der Waals surface area contributed by atoms with E-state index < -0.39 is 11.6 Å². The summed E-state index contributed by atoms with van der Waals surface area (Å²) in [5.41, 5.74) is 1.22. The van der Waals surface area contributed by atoms with Crippen molar-refractivity contribution in [3.8, 4) is 0 Å². The van der Waals surface area contributed by atoms with Crippen LogP contribution in [-0.4, -0.2) is 11.5 Å². The van der Waals surface area contributed by atoms with Crippen molar-refractivity contribution in [1.29, 1.82) is 0 Å². The summed E-state index contributed by atoms with van der Waals surface area (Å²) in [6.45, 7) is 0. The summed E-state index contributed by atoms with van der Waals surface area (Å²) in [6.07, 6.45) is 0. The SMILES string of the molecule is Fc1ccc(SCC(CS)c2ccccc2)cc1F. The van der Waals surface area contributed by atoms with Crippen LogP contribution in [0.25, 0.3) is 0 Å². The van der Waals surface area contributed by atoms with Crippen LogP contribution in [0.2, 0.25) is 0 Å². The quantitative estimate of drug-likeness (QED) is 0.612. The monoisotopic (exact) mass is 296 g/mol. The molecule has 4 heteroatoms. The fourth-order valence-electron chi connectivity index (χ4n) is 1.74. The highest BCUT2D eigenvalue weighted by Crippen LogP contribution is 2.28. The second kappa shape index (κ2) is 6.96. The smallest absolute Gasteiger partial charge is 0.159 e. The molecule has 0 bridgehead atoms. The predicted octanol–water partition coefficient (Wildman–Crippen LogP) is 4.77. The Morgan fingerprint density at radius 2 is 1.74 bits per heavy atom. The number of rotatable bonds is 5. The zero-order valence-corrected chi connectivity index (χ0v) is 11.9. The van der Waals surface area contributed by atoms with E-state index >= 15 is 0 Å². The third kappa shape index (κ3) is 3.98. The van der Waals surface area contributed by atoms with Gasteiger partial charge in [0, 0.05) is 16.6 Å². The summed E-state index contributed by atoms with van der Waals surface area (Å²) in [6, 6.07) is 14.1. The Balaban J connectivity index is 2.02. The molecular weight excluding hydrogens is 282 g/mol. The molecule has 0 heterocycles. The first kappa shape index (κ1) is 14.4. The Morgan fingerprint density at radius 3 is 2.37 bits per heavy atom. The molecule has 100 valence electrons. The van der Waals surface area contributed by atoms with Crippen molar-refractivity contribution >= 4 is 24.4 Å². The maximum atomic E-state index is 13.1. The Hall–Kier alpha value is -1.00. The average Bonchev–Trinajstić information content (AvgIpc) is 2.44. The molecule has 0 saturated carbocycles. The van der Waals surface area contributed by atoms with E-state index in [1.165, 1.54) is 23.4 Å². The molecule has 0 spiro atoms. The zero-order chi connectivity index (χ0) is 13.7. The average molecular weight is 296 g/mol. The van der Waals surface area contributed by atoms with Crippen molar-refractivity contribution in [3.63, 3.8) is 0 Å². The van der Waals surface area contributed by atoms with Crippen LogP contribution < -0.4 is 0 Å². The van der Waals surface area contributed by atoms with Gasteiger partial charge in [0.25, 0.3) is 0 Å². The predicted molar refractivity (Wildman–Crippen MR) is 80.1 cm³/mol. The standard InChI is InChI=1S/C15H14F2S2/c16-14-7-6-13(8-15(14)17)19-10-12(9-18)11-4-2-1-3-5-11/h1-8,12,18H,9-10H2. The molecule has 0 aromatic heterocycles. The number of benzene rings is 2. The van der Waals surface area contributed by atoms with Crippen LogP contribution in [0.4, 0.5) is 8.78 Å². The van der Waals surface area contributed by atoms with Gasteiger partial charge in [0.15, 0.2) is 11.6 Å². The van der Waals surface area contributed by atoms with E-state index in [9.17, 15) is 8.78 Å². The highest BCUT2D eigenvalue weighted by molar-refractivity contribution is 7.99. The molecule has 0 aliphatic carbocycles. The van der Waals surface area contributed by atoms with Crippen molar-refractivity contribution < 1.29 is 8.78 Å². The summed E-state index contributed by atoms with van der Waals surface area (Å²) < 4.78 is 25.9. The van der Waals surface area contributed by atoms with Crippen LogP contribution in [0.15, 0.2) is 53.4 Å². The van der Waals surface area contributed by atoms with Crippen molar-refractivity contribution in [2.45, 2.75) is 10.8 Å². The molecule has 0 N–H and O–H groups in total. The molecule has 2 aromatic rings. The first-order valence-electron chi connectivity index (χ1n) is 5.94. The van der Waals surface area contributed by atoms with Gasteiger partial charge in [-0.3, -0.25) is 0 Å². The maximum Gasteiger partial charge on any atom is 0.159 e. The van der Waals surface area contributed by atoms with Gasteiger partial charge >= 0.3 is 0 Å². The third-order valence-corrected chi connectivity index (χ3v) is 4.43. The first-order valence-corrected chi connectivity index (χ1v) is 7.56. The minimum atomic E-state index is -0.807. The van der Waals surface area contributed by atoms with Gasteiger partial charge in [0.1, 0.15) is 0 Å². The van der Waals surface area contributed by atoms with Crippen LogP contribution >= 0.6 is 24.4 Å². The van der Waals surface area contributed by atoms with Gasteiger partial charge in [0.05, 0.1) is 0 Å². The van der Waals surface area contributed by atoms with Crippen LogP contribution in [0.3, 0.4) is 0 Å². The van der Waals surface area contributed by atoms with Crippen molar-refractivity contribution in [2.75, 3.05) is 11.5 Å². The summed E-state index contributed by atoms with van der Waals surface area (Å²) in [7, 11) is 0. The fraction of sp³-hybridized carbons (Fsp3) is 0.200. The topological polar surface area (TPSA) is 0 Å². The summed E-state index contributed by atoms with van der Waals surface area (Å²) in [4.78, 5) is 0.738. The molecule has 0 fully saturated rings. The molecule has 2 rings (SSSR count). The minimum Gasteiger partial charge on any atom is -0.204 e. The zero-order valence-electron chi connectivity index (χ0n) is 10.2. The Labute approximate surface area is 121 Å². The second-order valence-electron chi connectivity index (χ2n) is 4.18. The van der Waals surface area contributed by atoms with Crippen LogP contribution in [0, 0.1) is 11.6 Å². The number of hydrogen-bond donors (Lipinski definition) is 1. The van der Waals surface area contributed by atoms with E-state index in [4.69, 9.17) is 0 Å². The molecule has 0 radical (unpaired) electrons. The number of halogens is 2. The molecule has 1 unspecified atom stereocenters. The minimum absolute atomic E-state index is 0.294. The lowest BCUT2D eigenvalue weighted by Gasteiger charge is -2.14. The van der Waals surface area contributed by atoms with Crippen molar-refractivity contribution in [2.24, 2.45) is 0 Å². The Kier molecular flexibility index (Phi) is 5.28. The maximum absolute atomic E-state index is 13.1. The van der Waals surface area contributed by atoms with Gasteiger partial charge in [-0.05, 0) is 29.5 Å². The Morgan fingerprint density at radius 1 is 1.00 bits per heavy atom. The molecule has 19 heavy (non-hydrogen) atoms. The highest BCUT2D eigenvalue weighted by atomic mass is 32.2. The van der Waals surface area contributed by atoms with Gasteiger partial charge in [0.2, 0.25) is 0 Å². The van der Waals surface area contributed by atoms with E-state index in [1.807, 2.05) is 18.2 Å². The van der Waals surface area contributed by atoms with E-state index in [0.717, 1.165) is 22.5 Å². The normalized spacial score (nSPS) is 12.4. The number of thioether (sulfide) groups is 1. The Bertz CT molecular complexity index is 529. The van der Waals surface area contributed by atoms with E-state index in [0.29, 0.717) is 5.92 Å². The lowest BCUT2D eigenvalue weighted by atomic mass is 10.0. The van der Waals surface area contributed by atoms with Crippen LogP contribution in [0.1, 0.15) is 11.5 Å². The van der Waals surface area contributed by atoms with Crippen molar-refractivity contribution in [3.05, 3.63) is 65.7 Å². The number of thiol groups is 1. The molecule has 0 saturated heterocycles. The fourth-order valence-corrected chi connectivity index (χ4v) is 3.31. The summed E-state index contributed by atoms with van der Waals surface area (Å²) in [5, 5.41) is 0.